The van der Waals surface area contributed by atoms with Gasteiger partial charge in [0.2, 0.25) is 5.88 Å². The SMILES string of the molecule is COc1nnc(CC2CCN(C)CC2)cc1Br. The smallest absolute Gasteiger partial charge is 0.247 e. The number of aromatic nitrogens is 2. The molecule has 0 atom stereocenters. The molecule has 1 aromatic rings. The van der Waals surface area contributed by atoms with Gasteiger partial charge in [-0.25, -0.2) is 0 Å². The highest BCUT2D eigenvalue weighted by atomic mass is 79.9. The molecule has 1 aromatic heterocycles. The summed E-state index contributed by atoms with van der Waals surface area (Å²) in [7, 11) is 3.78. The van der Waals surface area contributed by atoms with Gasteiger partial charge in [-0.1, -0.05) is 0 Å². The van der Waals surface area contributed by atoms with E-state index in [1.165, 1.54) is 25.9 Å². The quantitative estimate of drug-likeness (QED) is 0.857. The Bertz CT molecular complexity index is 378. The monoisotopic (exact) mass is 299 g/mol. The van der Waals surface area contributed by atoms with Gasteiger partial charge in [0.05, 0.1) is 17.3 Å². The van der Waals surface area contributed by atoms with Gasteiger partial charge in [0.15, 0.2) is 0 Å². The Hall–Kier alpha value is -0.680. The number of hydrogen-bond donors (Lipinski definition) is 0. The van der Waals surface area contributed by atoms with Crippen molar-refractivity contribution in [3.8, 4) is 5.88 Å². The molecule has 1 fully saturated rings. The molecule has 0 radical (unpaired) electrons. The summed E-state index contributed by atoms with van der Waals surface area (Å²) in [6.45, 7) is 2.38. The number of rotatable bonds is 3. The molecule has 0 saturated carbocycles. The number of hydrogen-bond acceptors (Lipinski definition) is 4. The summed E-state index contributed by atoms with van der Waals surface area (Å²) in [6, 6.07) is 2.02. The molecule has 0 spiro atoms. The zero-order chi connectivity index (χ0) is 12.3. The van der Waals surface area contributed by atoms with Gasteiger partial charge in [0, 0.05) is 0 Å². The molecule has 5 heteroatoms. The van der Waals surface area contributed by atoms with Crippen LogP contribution in [0.1, 0.15) is 18.5 Å². The first-order valence-corrected chi connectivity index (χ1v) is 6.73. The third kappa shape index (κ3) is 3.39. The number of halogens is 1. The molecule has 2 heterocycles. The van der Waals surface area contributed by atoms with E-state index in [-0.39, 0.29) is 0 Å². The first-order chi connectivity index (χ1) is 8.19. The van der Waals surface area contributed by atoms with Crippen LogP contribution in [0.4, 0.5) is 0 Å². The Balaban J connectivity index is 1.97. The maximum Gasteiger partial charge on any atom is 0.247 e. The van der Waals surface area contributed by atoms with E-state index >= 15 is 0 Å². The van der Waals surface area contributed by atoms with Crippen LogP contribution >= 0.6 is 15.9 Å². The Morgan fingerprint density at radius 1 is 1.41 bits per heavy atom. The molecule has 0 unspecified atom stereocenters. The summed E-state index contributed by atoms with van der Waals surface area (Å²) in [5.41, 5.74) is 1.05. The summed E-state index contributed by atoms with van der Waals surface area (Å²) in [5, 5.41) is 8.25. The fraction of sp³-hybridized carbons (Fsp3) is 0.667. The van der Waals surface area contributed by atoms with Crippen molar-refractivity contribution in [1.29, 1.82) is 0 Å². The Morgan fingerprint density at radius 3 is 2.71 bits per heavy atom. The van der Waals surface area contributed by atoms with Crippen molar-refractivity contribution in [2.24, 2.45) is 5.92 Å². The van der Waals surface area contributed by atoms with E-state index in [4.69, 9.17) is 4.74 Å². The van der Waals surface area contributed by atoms with E-state index in [9.17, 15) is 0 Å². The zero-order valence-electron chi connectivity index (χ0n) is 10.3. The number of nitrogens with zero attached hydrogens (tertiary/aromatic N) is 3. The predicted octanol–water partition coefficient (Wildman–Crippen LogP) is 2.13. The minimum absolute atomic E-state index is 0.553. The van der Waals surface area contributed by atoms with Gasteiger partial charge in [-0.3, -0.25) is 0 Å². The number of piperidine rings is 1. The lowest BCUT2D eigenvalue weighted by Gasteiger charge is -2.28. The zero-order valence-corrected chi connectivity index (χ0v) is 11.9. The van der Waals surface area contributed by atoms with Crippen LogP contribution in [-0.4, -0.2) is 42.3 Å². The van der Waals surface area contributed by atoms with E-state index in [0.29, 0.717) is 5.88 Å². The lowest BCUT2D eigenvalue weighted by atomic mass is 9.92. The summed E-state index contributed by atoms with van der Waals surface area (Å²) >= 11 is 3.45. The fourth-order valence-corrected chi connectivity index (χ4v) is 2.70. The molecular formula is C12H18BrN3O. The van der Waals surface area contributed by atoms with E-state index in [2.05, 4.69) is 38.1 Å². The molecule has 0 aliphatic carbocycles. The van der Waals surface area contributed by atoms with Crippen molar-refractivity contribution < 1.29 is 4.74 Å². The third-order valence-electron chi connectivity index (χ3n) is 3.30. The van der Waals surface area contributed by atoms with Crippen LogP contribution in [0.25, 0.3) is 0 Å². The molecular weight excluding hydrogens is 282 g/mol. The van der Waals surface area contributed by atoms with Crippen LogP contribution in [0.3, 0.4) is 0 Å². The summed E-state index contributed by atoms with van der Waals surface area (Å²) in [4.78, 5) is 2.38. The second-order valence-corrected chi connectivity index (χ2v) is 5.50. The van der Waals surface area contributed by atoms with Gasteiger partial charge in [-0.2, -0.15) is 5.10 Å². The molecule has 0 aromatic carbocycles. The number of methoxy groups -OCH3 is 1. The molecule has 17 heavy (non-hydrogen) atoms. The molecule has 94 valence electrons. The maximum atomic E-state index is 5.08. The van der Waals surface area contributed by atoms with Crippen LogP contribution < -0.4 is 4.74 Å². The normalized spacial score (nSPS) is 18.3. The van der Waals surface area contributed by atoms with E-state index in [1.54, 1.807) is 7.11 Å². The molecule has 0 bridgehead atoms. The summed E-state index contributed by atoms with van der Waals surface area (Å²) < 4.78 is 5.96. The largest absolute Gasteiger partial charge is 0.479 e. The van der Waals surface area contributed by atoms with Crippen LogP contribution in [0.5, 0.6) is 5.88 Å². The minimum atomic E-state index is 0.553. The third-order valence-corrected chi connectivity index (χ3v) is 3.86. The van der Waals surface area contributed by atoms with Gasteiger partial charge in [-0.05, 0) is 67.3 Å². The van der Waals surface area contributed by atoms with E-state index in [1.807, 2.05) is 6.07 Å². The van der Waals surface area contributed by atoms with Gasteiger partial charge < -0.3 is 9.64 Å². The topological polar surface area (TPSA) is 38.3 Å². The highest BCUT2D eigenvalue weighted by Crippen LogP contribution is 2.24. The lowest BCUT2D eigenvalue weighted by Crippen LogP contribution is -2.31. The molecule has 1 aliphatic rings. The highest BCUT2D eigenvalue weighted by Gasteiger charge is 2.18. The summed E-state index contributed by atoms with van der Waals surface area (Å²) in [6.07, 6.45) is 3.52. The molecule has 1 saturated heterocycles. The molecule has 4 nitrogen and oxygen atoms in total. The highest BCUT2D eigenvalue weighted by molar-refractivity contribution is 9.10. The number of ether oxygens (including phenoxy) is 1. The Labute approximate surface area is 110 Å². The lowest BCUT2D eigenvalue weighted by molar-refractivity contribution is 0.218. The summed E-state index contributed by atoms with van der Waals surface area (Å²) in [5.74, 6) is 1.29. The van der Waals surface area contributed by atoms with Crippen molar-refractivity contribution in [3.63, 3.8) is 0 Å². The molecule has 0 N–H and O–H groups in total. The van der Waals surface area contributed by atoms with Crippen molar-refractivity contribution in [1.82, 2.24) is 15.1 Å². The first kappa shape index (κ1) is 12.8. The Kier molecular flexibility index (Phi) is 4.34. The van der Waals surface area contributed by atoms with Crippen LogP contribution in [-0.2, 0) is 6.42 Å². The molecule has 0 amide bonds. The second-order valence-electron chi connectivity index (χ2n) is 4.64. The fourth-order valence-electron chi connectivity index (χ4n) is 2.19. The molecule has 2 rings (SSSR count). The van der Waals surface area contributed by atoms with Crippen molar-refractivity contribution in [3.05, 3.63) is 16.2 Å². The van der Waals surface area contributed by atoms with Crippen LogP contribution in [0.15, 0.2) is 10.5 Å². The van der Waals surface area contributed by atoms with Gasteiger partial charge >= 0.3 is 0 Å². The Morgan fingerprint density at radius 2 is 2.12 bits per heavy atom. The second kappa shape index (κ2) is 5.78. The first-order valence-electron chi connectivity index (χ1n) is 5.93. The van der Waals surface area contributed by atoms with E-state index < -0.39 is 0 Å². The van der Waals surface area contributed by atoms with Gasteiger partial charge in [0.1, 0.15) is 0 Å². The predicted molar refractivity (Wildman–Crippen MR) is 70.2 cm³/mol. The minimum Gasteiger partial charge on any atom is -0.479 e. The number of likely N-dealkylation sites (tertiary alicyclic amines) is 1. The standard InChI is InChI=1S/C12H18BrN3O/c1-16-5-3-9(4-6-16)7-10-8-11(13)12(17-2)15-14-10/h8-9H,3-7H2,1-2H3. The maximum absolute atomic E-state index is 5.08. The van der Waals surface area contributed by atoms with Crippen molar-refractivity contribution in [2.45, 2.75) is 19.3 Å². The average molecular weight is 300 g/mol. The van der Waals surface area contributed by atoms with Crippen molar-refractivity contribution >= 4 is 15.9 Å². The van der Waals surface area contributed by atoms with E-state index in [0.717, 1.165) is 22.5 Å². The molecule has 1 aliphatic heterocycles. The van der Waals surface area contributed by atoms with Gasteiger partial charge in [-0.15, -0.1) is 5.10 Å². The van der Waals surface area contributed by atoms with Crippen LogP contribution in [0.2, 0.25) is 0 Å². The van der Waals surface area contributed by atoms with Gasteiger partial charge in [0.25, 0.3) is 0 Å². The van der Waals surface area contributed by atoms with Crippen molar-refractivity contribution in [2.75, 3.05) is 27.2 Å². The average Bonchev–Trinajstić information content (AvgIpc) is 2.32. The van der Waals surface area contributed by atoms with Crippen LogP contribution in [0, 0.1) is 5.92 Å².